The minimum absolute atomic E-state index is 0.0112. The van der Waals surface area contributed by atoms with Gasteiger partial charge in [0.2, 0.25) is 0 Å². The zero-order chi connectivity index (χ0) is 18.7. The third kappa shape index (κ3) is 3.65. The first-order valence-corrected chi connectivity index (χ1v) is 7.97. The van der Waals surface area contributed by atoms with Gasteiger partial charge in [0.1, 0.15) is 5.75 Å². The van der Waals surface area contributed by atoms with Gasteiger partial charge in [-0.05, 0) is 35.9 Å². The Bertz CT molecular complexity index is 990. The lowest BCUT2D eigenvalue weighted by Crippen LogP contribution is -2.12. The number of phenolic OH excluding ortho intramolecular Hbond substituents is 1. The van der Waals surface area contributed by atoms with Crippen molar-refractivity contribution >= 4 is 28.9 Å². The average molecular weight is 369 g/mol. The topological polar surface area (TPSA) is 92.5 Å². The number of aromatic hydroxyl groups is 1. The van der Waals surface area contributed by atoms with E-state index in [1.165, 1.54) is 36.4 Å². The maximum Gasteiger partial charge on any atom is 0.277 e. The number of rotatable bonds is 4. The third-order valence-electron chi connectivity index (χ3n) is 3.74. The van der Waals surface area contributed by atoms with Crippen molar-refractivity contribution in [3.8, 4) is 16.9 Å². The summed E-state index contributed by atoms with van der Waals surface area (Å²) in [6, 6.07) is 17.3. The molecule has 0 aromatic heterocycles. The molecule has 3 aromatic rings. The van der Waals surface area contributed by atoms with Gasteiger partial charge in [-0.1, -0.05) is 41.9 Å². The molecule has 3 rings (SSSR count). The van der Waals surface area contributed by atoms with Gasteiger partial charge in [0.05, 0.1) is 16.1 Å². The lowest BCUT2D eigenvalue weighted by atomic mass is 10.0. The van der Waals surface area contributed by atoms with Crippen LogP contribution in [0.4, 0.5) is 11.4 Å². The number of benzene rings is 3. The summed E-state index contributed by atoms with van der Waals surface area (Å²) in [5.41, 5.74) is 1.33. The Kier molecular flexibility index (Phi) is 4.86. The molecule has 6 nitrogen and oxygen atoms in total. The second-order valence-corrected chi connectivity index (χ2v) is 5.91. The molecule has 3 aromatic carbocycles. The van der Waals surface area contributed by atoms with Crippen molar-refractivity contribution in [3.05, 3.63) is 87.4 Å². The number of carbonyl (C=O) groups is 1. The van der Waals surface area contributed by atoms with Crippen molar-refractivity contribution in [2.45, 2.75) is 0 Å². The summed E-state index contributed by atoms with van der Waals surface area (Å²) in [7, 11) is 0. The monoisotopic (exact) mass is 368 g/mol. The molecule has 0 fully saturated rings. The number of anilines is 1. The van der Waals surface area contributed by atoms with Crippen LogP contribution < -0.4 is 5.32 Å². The fourth-order valence-electron chi connectivity index (χ4n) is 2.51. The van der Waals surface area contributed by atoms with E-state index in [0.29, 0.717) is 21.8 Å². The van der Waals surface area contributed by atoms with Crippen molar-refractivity contribution in [3.63, 3.8) is 0 Å². The number of phenols is 1. The van der Waals surface area contributed by atoms with Crippen LogP contribution >= 0.6 is 11.6 Å². The highest BCUT2D eigenvalue weighted by Gasteiger charge is 2.18. The van der Waals surface area contributed by atoms with Crippen molar-refractivity contribution in [2.24, 2.45) is 0 Å². The maximum absolute atomic E-state index is 12.4. The lowest BCUT2D eigenvalue weighted by molar-refractivity contribution is -0.384. The number of carbonyl (C=O) groups excluding carboxylic acids is 1. The number of nitrogens with one attached hydrogen (secondary N) is 1. The molecule has 0 aliphatic carbocycles. The molecule has 0 saturated heterocycles. The normalized spacial score (nSPS) is 10.3. The smallest absolute Gasteiger partial charge is 0.277 e. The van der Waals surface area contributed by atoms with Crippen LogP contribution in [0.5, 0.6) is 5.75 Å². The molecule has 0 bridgehead atoms. The molecule has 0 aliphatic rings. The highest BCUT2D eigenvalue weighted by atomic mass is 35.5. The summed E-state index contributed by atoms with van der Waals surface area (Å²) in [5.74, 6) is -0.782. The molecule has 0 saturated carbocycles. The second-order valence-electron chi connectivity index (χ2n) is 5.47. The fourth-order valence-corrected chi connectivity index (χ4v) is 2.68. The summed E-state index contributed by atoms with van der Waals surface area (Å²) < 4.78 is 0. The van der Waals surface area contributed by atoms with Crippen LogP contribution in [0.1, 0.15) is 10.4 Å². The van der Waals surface area contributed by atoms with Crippen LogP contribution in [0, 0.1) is 10.1 Å². The largest absolute Gasteiger partial charge is 0.507 e. The Morgan fingerprint density at radius 2 is 1.77 bits per heavy atom. The van der Waals surface area contributed by atoms with E-state index in [2.05, 4.69) is 5.32 Å². The first-order chi connectivity index (χ1) is 12.5. The van der Waals surface area contributed by atoms with Crippen molar-refractivity contribution in [1.29, 1.82) is 0 Å². The number of nitro benzene ring substituents is 1. The molecule has 0 heterocycles. The number of halogens is 1. The third-order valence-corrected chi connectivity index (χ3v) is 3.97. The molecule has 0 unspecified atom stereocenters. The van der Waals surface area contributed by atoms with Crippen molar-refractivity contribution in [1.82, 2.24) is 0 Å². The SMILES string of the molecule is O=C(Nc1ccc([N+](=O)[O-])c(-c2ccccc2)c1)c1cc(Cl)ccc1O. The van der Waals surface area contributed by atoms with E-state index in [9.17, 15) is 20.0 Å². The quantitative estimate of drug-likeness (QED) is 0.507. The minimum atomic E-state index is -0.571. The zero-order valence-electron chi connectivity index (χ0n) is 13.3. The predicted octanol–water partition coefficient (Wildman–Crippen LogP) is 4.87. The van der Waals surface area contributed by atoms with E-state index in [-0.39, 0.29) is 17.0 Å². The average Bonchev–Trinajstić information content (AvgIpc) is 2.64. The molecule has 26 heavy (non-hydrogen) atoms. The van der Waals surface area contributed by atoms with Gasteiger partial charge in [-0.2, -0.15) is 0 Å². The summed E-state index contributed by atoms with van der Waals surface area (Å²) >= 11 is 5.86. The van der Waals surface area contributed by atoms with E-state index in [4.69, 9.17) is 11.6 Å². The highest BCUT2D eigenvalue weighted by Crippen LogP contribution is 2.32. The Balaban J connectivity index is 1.98. The standard InChI is InChI=1S/C19H13ClN2O4/c20-13-6-9-18(23)16(10-13)19(24)21-14-7-8-17(22(25)26)15(11-14)12-4-2-1-3-5-12/h1-11,23H,(H,21,24). The van der Waals surface area contributed by atoms with Crippen LogP contribution in [0.2, 0.25) is 5.02 Å². The zero-order valence-corrected chi connectivity index (χ0v) is 14.1. The van der Waals surface area contributed by atoms with Crippen molar-refractivity contribution in [2.75, 3.05) is 5.32 Å². The summed E-state index contributed by atoms with van der Waals surface area (Å²) in [6.45, 7) is 0. The van der Waals surface area contributed by atoms with E-state index in [0.717, 1.165) is 0 Å². The molecule has 2 N–H and O–H groups in total. The number of hydrogen-bond acceptors (Lipinski definition) is 4. The molecule has 0 aliphatic heterocycles. The predicted molar refractivity (Wildman–Crippen MR) is 99.6 cm³/mol. The van der Waals surface area contributed by atoms with Gasteiger partial charge in [-0.25, -0.2) is 0 Å². The Labute approximate surface area is 153 Å². The van der Waals surface area contributed by atoms with Gasteiger partial charge in [0.15, 0.2) is 0 Å². The molecule has 0 spiro atoms. The Morgan fingerprint density at radius 1 is 1.04 bits per heavy atom. The molecular weight excluding hydrogens is 356 g/mol. The fraction of sp³-hybridized carbons (Fsp3) is 0. The second kappa shape index (κ2) is 7.25. The van der Waals surface area contributed by atoms with Gasteiger partial charge in [0.25, 0.3) is 11.6 Å². The number of nitrogens with zero attached hydrogens (tertiary/aromatic N) is 1. The van der Waals surface area contributed by atoms with Crippen molar-refractivity contribution < 1.29 is 14.8 Å². The molecule has 0 radical (unpaired) electrons. The van der Waals surface area contributed by atoms with Crippen LogP contribution in [0.25, 0.3) is 11.1 Å². The van der Waals surface area contributed by atoms with E-state index >= 15 is 0 Å². The maximum atomic E-state index is 12.4. The first-order valence-electron chi connectivity index (χ1n) is 7.59. The molecule has 1 amide bonds. The van der Waals surface area contributed by atoms with E-state index < -0.39 is 10.8 Å². The van der Waals surface area contributed by atoms with Crippen LogP contribution in [-0.2, 0) is 0 Å². The van der Waals surface area contributed by atoms with Gasteiger partial charge in [0, 0.05) is 16.8 Å². The van der Waals surface area contributed by atoms with E-state index in [1.807, 2.05) is 6.07 Å². The van der Waals surface area contributed by atoms with Crippen LogP contribution in [0.3, 0.4) is 0 Å². The summed E-state index contributed by atoms with van der Waals surface area (Å²) in [5, 5.41) is 24.1. The summed E-state index contributed by atoms with van der Waals surface area (Å²) in [6.07, 6.45) is 0. The Morgan fingerprint density at radius 3 is 2.46 bits per heavy atom. The molecular formula is C19H13ClN2O4. The van der Waals surface area contributed by atoms with E-state index in [1.54, 1.807) is 24.3 Å². The highest BCUT2D eigenvalue weighted by molar-refractivity contribution is 6.31. The molecule has 130 valence electrons. The summed E-state index contributed by atoms with van der Waals surface area (Å²) in [4.78, 5) is 23.2. The van der Waals surface area contributed by atoms with Gasteiger partial charge in [-0.3, -0.25) is 14.9 Å². The lowest BCUT2D eigenvalue weighted by Gasteiger charge is -2.10. The number of amides is 1. The van der Waals surface area contributed by atoms with Gasteiger partial charge in [-0.15, -0.1) is 0 Å². The number of hydrogen-bond donors (Lipinski definition) is 2. The van der Waals surface area contributed by atoms with Gasteiger partial charge >= 0.3 is 0 Å². The van der Waals surface area contributed by atoms with Crippen LogP contribution in [0.15, 0.2) is 66.7 Å². The first kappa shape index (κ1) is 17.4. The minimum Gasteiger partial charge on any atom is -0.507 e. The Hall–Kier alpha value is -3.38. The van der Waals surface area contributed by atoms with Gasteiger partial charge < -0.3 is 10.4 Å². The molecule has 0 atom stereocenters. The molecule has 7 heteroatoms. The number of nitro groups is 1. The van der Waals surface area contributed by atoms with Crippen LogP contribution in [-0.4, -0.2) is 15.9 Å².